The molecule has 1 heterocycles. The molecule has 1 saturated heterocycles. The lowest BCUT2D eigenvalue weighted by Crippen LogP contribution is -2.50. The molecule has 1 unspecified atom stereocenters. The standard InChI is InChI=1S/C23H32N2O.2ClH/c1-18-9-11-23(26,12-10-18)22(17-25-15-13-24-14-16-25)21-8-4-6-19-5-2-3-7-20(19)21;;/h2-8,18,22,24,26H,9-17H2,1H3;2*1H. The molecule has 2 fully saturated rings. The van der Waals surface area contributed by atoms with Crippen molar-refractivity contribution in [3.05, 3.63) is 48.0 Å². The highest BCUT2D eigenvalue weighted by Crippen LogP contribution is 2.43. The second kappa shape index (κ2) is 10.3. The Hall–Kier alpha value is -0.840. The van der Waals surface area contributed by atoms with E-state index in [4.69, 9.17) is 0 Å². The van der Waals surface area contributed by atoms with Gasteiger partial charge < -0.3 is 15.3 Å². The quantitative estimate of drug-likeness (QED) is 0.751. The predicted molar refractivity (Wildman–Crippen MR) is 123 cm³/mol. The summed E-state index contributed by atoms with van der Waals surface area (Å²) in [5.74, 6) is 0.918. The SMILES string of the molecule is CC1CCC(O)(C(CN2CCNCC2)c2cccc3ccccc23)CC1.Cl.Cl. The first kappa shape index (κ1) is 23.4. The molecular formula is C23H34Cl2N2O. The van der Waals surface area contributed by atoms with Crippen LogP contribution in [0.5, 0.6) is 0 Å². The molecule has 0 amide bonds. The van der Waals surface area contributed by atoms with Crippen molar-refractivity contribution in [2.75, 3.05) is 32.7 Å². The average Bonchev–Trinajstić information content (AvgIpc) is 2.69. The highest BCUT2D eigenvalue weighted by molar-refractivity contribution is 5.86. The molecule has 5 heteroatoms. The number of nitrogens with one attached hydrogen (secondary N) is 1. The molecule has 0 bridgehead atoms. The lowest BCUT2D eigenvalue weighted by Gasteiger charge is -2.44. The molecule has 2 aromatic rings. The van der Waals surface area contributed by atoms with Crippen LogP contribution in [0, 0.1) is 5.92 Å². The van der Waals surface area contributed by atoms with Gasteiger partial charge in [-0.05, 0) is 47.9 Å². The van der Waals surface area contributed by atoms with Gasteiger partial charge in [-0.1, -0.05) is 49.4 Å². The van der Waals surface area contributed by atoms with Gasteiger partial charge >= 0.3 is 0 Å². The van der Waals surface area contributed by atoms with Crippen molar-refractivity contribution in [2.45, 2.75) is 44.1 Å². The molecule has 1 aliphatic heterocycles. The Balaban J connectivity index is 0.00000140. The van der Waals surface area contributed by atoms with Crippen molar-refractivity contribution in [1.82, 2.24) is 10.2 Å². The summed E-state index contributed by atoms with van der Waals surface area (Å²) in [5, 5.41) is 17.8. The Morgan fingerprint density at radius 2 is 1.68 bits per heavy atom. The number of benzene rings is 2. The Morgan fingerprint density at radius 3 is 2.39 bits per heavy atom. The van der Waals surface area contributed by atoms with Crippen LogP contribution in [0.25, 0.3) is 10.8 Å². The first-order chi connectivity index (χ1) is 12.7. The van der Waals surface area contributed by atoms with E-state index in [-0.39, 0.29) is 30.7 Å². The minimum Gasteiger partial charge on any atom is -0.389 e. The fourth-order valence-electron chi connectivity index (χ4n) is 4.87. The van der Waals surface area contributed by atoms with Crippen LogP contribution in [0.3, 0.4) is 0 Å². The van der Waals surface area contributed by atoms with Gasteiger partial charge in [-0.2, -0.15) is 0 Å². The summed E-state index contributed by atoms with van der Waals surface area (Å²) >= 11 is 0. The van der Waals surface area contributed by atoms with Crippen LogP contribution >= 0.6 is 24.8 Å². The van der Waals surface area contributed by atoms with Gasteiger partial charge in [0.1, 0.15) is 0 Å². The molecule has 1 saturated carbocycles. The summed E-state index contributed by atoms with van der Waals surface area (Å²) in [7, 11) is 0. The summed E-state index contributed by atoms with van der Waals surface area (Å²) in [6, 6.07) is 15.3. The predicted octanol–water partition coefficient (Wildman–Crippen LogP) is 4.61. The molecule has 2 aromatic carbocycles. The summed E-state index contributed by atoms with van der Waals surface area (Å²) in [6.07, 6.45) is 4.13. The molecule has 0 spiro atoms. The van der Waals surface area contributed by atoms with Gasteiger partial charge in [0.05, 0.1) is 5.60 Å². The Bertz CT molecular complexity index is 735. The Morgan fingerprint density at radius 1 is 1.04 bits per heavy atom. The smallest absolute Gasteiger partial charge is 0.0728 e. The Labute approximate surface area is 181 Å². The highest BCUT2D eigenvalue weighted by atomic mass is 35.5. The fraction of sp³-hybridized carbons (Fsp3) is 0.565. The third kappa shape index (κ3) is 5.01. The second-order valence-corrected chi connectivity index (χ2v) is 8.46. The topological polar surface area (TPSA) is 35.5 Å². The lowest BCUT2D eigenvalue weighted by atomic mass is 9.69. The molecule has 28 heavy (non-hydrogen) atoms. The largest absolute Gasteiger partial charge is 0.389 e. The summed E-state index contributed by atoms with van der Waals surface area (Å²) in [4.78, 5) is 2.54. The minimum absolute atomic E-state index is 0. The van der Waals surface area contributed by atoms with Gasteiger partial charge in [0.25, 0.3) is 0 Å². The van der Waals surface area contributed by atoms with Crippen LogP contribution in [0.2, 0.25) is 0 Å². The van der Waals surface area contributed by atoms with E-state index in [1.807, 2.05) is 0 Å². The van der Waals surface area contributed by atoms with Gasteiger partial charge in [0.15, 0.2) is 0 Å². The maximum atomic E-state index is 11.8. The van der Waals surface area contributed by atoms with Crippen LogP contribution < -0.4 is 5.32 Å². The van der Waals surface area contributed by atoms with E-state index in [0.717, 1.165) is 64.3 Å². The van der Waals surface area contributed by atoms with E-state index in [9.17, 15) is 5.11 Å². The van der Waals surface area contributed by atoms with Crippen LogP contribution in [0.4, 0.5) is 0 Å². The molecule has 4 rings (SSSR count). The maximum Gasteiger partial charge on any atom is 0.0728 e. The first-order valence-corrected chi connectivity index (χ1v) is 10.3. The van der Waals surface area contributed by atoms with E-state index in [2.05, 4.69) is 59.6 Å². The molecule has 2 N–H and O–H groups in total. The zero-order valence-corrected chi connectivity index (χ0v) is 18.4. The first-order valence-electron chi connectivity index (χ1n) is 10.3. The second-order valence-electron chi connectivity index (χ2n) is 8.46. The molecular weight excluding hydrogens is 391 g/mol. The number of hydrogen-bond donors (Lipinski definition) is 2. The average molecular weight is 425 g/mol. The van der Waals surface area contributed by atoms with E-state index in [0.29, 0.717) is 0 Å². The third-order valence-corrected chi connectivity index (χ3v) is 6.64. The van der Waals surface area contributed by atoms with Crippen molar-refractivity contribution in [3.63, 3.8) is 0 Å². The van der Waals surface area contributed by atoms with Crippen molar-refractivity contribution in [3.8, 4) is 0 Å². The van der Waals surface area contributed by atoms with E-state index in [1.165, 1.54) is 16.3 Å². The van der Waals surface area contributed by atoms with Gasteiger partial charge in [0, 0.05) is 38.6 Å². The van der Waals surface area contributed by atoms with Crippen molar-refractivity contribution < 1.29 is 5.11 Å². The van der Waals surface area contributed by atoms with Crippen LogP contribution in [-0.2, 0) is 0 Å². The number of rotatable bonds is 4. The van der Waals surface area contributed by atoms with Crippen molar-refractivity contribution >= 4 is 35.6 Å². The Kier molecular flexibility index (Phi) is 8.60. The van der Waals surface area contributed by atoms with Gasteiger partial charge in [0.2, 0.25) is 0 Å². The fourth-order valence-corrected chi connectivity index (χ4v) is 4.87. The molecule has 2 aliphatic rings. The van der Waals surface area contributed by atoms with Gasteiger partial charge in [-0.3, -0.25) is 0 Å². The van der Waals surface area contributed by atoms with Crippen LogP contribution in [-0.4, -0.2) is 48.3 Å². The number of nitrogens with zero attached hydrogens (tertiary/aromatic N) is 1. The van der Waals surface area contributed by atoms with E-state index < -0.39 is 5.60 Å². The maximum absolute atomic E-state index is 11.8. The van der Waals surface area contributed by atoms with Crippen LogP contribution in [0.15, 0.2) is 42.5 Å². The van der Waals surface area contributed by atoms with Gasteiger partial charge in [-0.15, -0.1) is 24.8 Å². The molecule has 156 valence electrons. The number of aliphatic hydroxyl groups is 1. The third-order valence-electron chi connectivity index (χ3n) is 6.64. The van der Waals surface area contributed by atoms with Gasteiger partial charge in [-0.25, -0.2) is 0 Å². The van der Waals surface area contributed by atoms with E-state index >= 15 is 0 Å². The number of halogens is 2. The number of piperazine rings is 1. The summed E-state index contributed by atoms with van der Waals surface area (Å²) in [5.41, 5.74) is 0.750. The summed E-state index contributed by atoms with van der Waals surface area (Å²) in [6.45, 7) is 7.54. The van der Waals surface area contributed by atoms with Crippen LogP contribution in [0.1, 0.15) is 44.1 Å². The monoisotopic (exact) mass is 424 g/mol. The van der Waals surface area contributed by atoms with Crippen molar-refractivity contribution in [1.29, 1.82) is 0 Å². The molecule has 3 nitrogen and oxygen atoms in total. The number of fused-ring (bicyclic) bond motifs is 1. The molecule has 1 atom stereocenters. The van der Waals surface area contributed by atoms with E-state index in [1.54, 1.807) is 0 Å². The normalized spacial score (nSPS) is 26.9. The molecule has 1 aliphatic carbocycles. The zero-order valence-electron chi connectivity index (χ0n) is 16.8. The minimum atomic E-state index is -0.582. The lowest BCUT2D eigenvalue weighted by molar-refractivity contribution is -0.0402. The molecule has 0 radical (unpaired) electrons. The summed E-state index contributed by atoms with van der Waals surface area (Å²) < 4.78 is 0. The van der Waals surface area contributed by atoms with Crippen molar-refractivity contribution in [2.24, 2.45) is 5.92 Å². The molecule has 0 aromatic heterocycles. The highest BCUT2D eigenvalue weighted by Gasteiger charge is 2.41. The zero-order chi connectivity index (χ0) is 18.0. The number of hydrogen-bond acceptors (Lipinski definition) is 3.